The van der Waals surface area contributed by atoms with Gasteiger partial charge in [-0.25, -0.2) is 9.37 Å². The van der Waals surface area contributed by atoms with Crippen LogP contribution in [-0.4, -0.2) is 33.8 Å². The molecule has 43 heavy (non-hydrogen) atoms. The molecule has 2 atom stereocenters. The lowest BCUT2D eigenvalue weighted by molar-refractivity contribution is -0.184. The fourth-order valence-corrected chi connectivity index (χ4v) is 5.90. The van der Waals surface area contributed by atoms with Crippen LogP contribution < -0.4 is 5.32 Å². The summed E-state index contributed by atoms with van der Waals surface area (Å²) in [6, 6.07) is 3.83. The van der Waals surface area contributed by atoms with Gasteiger partial charge in [0, 0.05) is 31.0 Å². The van der Waals surface area contributed by atoms with Crippen LogP contribution >= 0.6 is 0 Å². The van der Waals surface area contributed by atoms with Gasteiger partial charge < -0.3 is 10.1 Å². The summed E-state index contributed by atoms with van der Waals surface area (Å²) in [7, 11) is 1.21. The van der Waals surface area contributed by atoms with Crippen LogP contribution in [0.5, 0.6) is 0 Å². The highest BCUT2D eigenvalue weighted by molar-refractivity contribution is 5.82. The van der Waals surface area contributed by atoms with E-state index < -0.39 is 22.8 Å². The molecule has 0 bridgehead atoms. The Labute approximate surface area is 249 Å². The zero-order chi connectivity index (χ0) is 31.2. The summed E-state index contributed by atoms with van der Waals surface area (Å²) >= 11 is 0. The maximum Gasteiger partial charge on any atom is 0.401 e. The van der Waals surface area contributed by atoms with Gasteiger partial charge in [0.1, 0.15) is 28.6 Å². The van der Waals surface area contributed by atoms with Crippen molar-refractivity contribution in [2.24, 2.45) is 17.3 Å². The van der Waals surface area contributed by atoms with Crippen LogP contribution in [0.2, 0.25) is 0 Å². The zero-order valence-electron chi connectivity index (χ0n) is 25.0. The van der Waals surface area contributed by atoms with Gasteiger partial charge in [-0.15, -0.1) is 0 Å². The normalized spacial score (nSPS) is 22.4. The van der Waals surface area contributed by atoms with E-state index in [2.05, 4.69) is 35.8 Å². The lowest BCUT2D eigenvalue weighted by Crippen LogP contribution is -2.27. The summed E-state index contributed by atoms with van der Waals surface area (Å²) < 4.78 is 62.6. The van der Waals surface area contributed by atoms with Gasteiger partial charge in [0.15, 0.2) is 0 Å². The van der Waals surface area contributed by atoms with E-state index in [0.29, 0.717) is 22.9 Å². The second kappa shape index (κ2) is 11.4. The van der Waals surface area contributed by atoms with Crippen molar-refractivity contribution in [3.8, 4) is 0 Å². The first kappa shape index (κ1) is 30.8. The maximum absolute atomic E-state index is 15.2. The van der Waals surface area contributed by atoms with Crippen molar-refractivity contribution in [2.75, 3.05) is 12.4 Å². The largest absolute Gasteiger partial charge is 0.500 e. The topological polar surface area (TPSA) is 69.0 Å². The van der Waals surface area contributed by atoms with Gasteiger partial charge in [0.25, 0.3) is 0 Å². The molecule has 3 aliphatic rings. The molecule has 0 amide bonds. The quantitative estimate of drug-likeness (QED) is 0.143. The summed E-state index contributed by atoms with van der Waals surface area (Å²) in [4.78, 5) is 17.3. The molecular formula is C33H38F4N4O2. The van der Waals surface area contributed by atoms with Crippen LogP contribution in [0.1, 0.15) is 63.6 Å². The van der Waals surface area contributed by atoms with Crippen LogP contribution in [0.25, 0.3) is 0 Å². The number of ketones is 1. The summed E-state index contributed by atoms with van der Waals surface area (Å²) in [6.45, 7) is 10.9. The molecule has 5 rings (SSSR count). The molecule has 2 unspecified atom stereocenters. The first-order chi connectivity index (χ1) is 20.3. The smallest absolute Gasteiger partial charge is 0.401 e. The number of hydrogen-bond acceptors (Lipinski definition) is 5. The van der Waals surface area contributed by atoms with E-state index in [1.165, 1.54) is 13.2 Å². The Morgan fingerprint density at radius 2 is 2.00 bits per heavy atom. The standard InChI is InChI=1S/C33H38F4N4O2/c1-20(2)19-41-22(4)28(18-39-41)40-30-9-7-24(17-38-30)31-15-25(31)13-23(27(34)16-31)14-26(42)8-6-21(3)12-29(43-5)32(10-11-32)33(35,36)37/h7,9,12-13,16-18,20,25H,3,6,8,10-11,14-15,19H2,1-2,4-5H3,(H,38,40)/b29-12-. The highest BCUT2D eigenvalue weighted by Crippen LogP contribution is 2.62. The van der Waals surface area contributed by atoms with Gasteiger partial charge in [0.05, 0.1) is 24.7 Å². The Morgan fingerprint density at radius 3 is 2.60 bits per heavy atom. The molecule has 0 saturated heterocycles. The third kappa shape index (κ3) is 6.19. The van der Waals surface area contributed by atoms with Gasteiger partial charge in [-0.05, 0) is 73.8 Å². The second-order valence-electron chi connectivity index (χ2n) is 12.5. The molecule has 3 aliphatic carbocycles. The van der Waals surface area contributed by atoms with E-state index in [1.54, 1.807) is 18.5 Å². The van der Waals surface area contributed by atoms with E-state index in [1.807, 2.05) is 29.8 Å². The number of anilines is 2. The molecular weight excluding hydrogens is 560 g/mol. The van der Waals surface area contributed by atoms with Gasteiger partial charge in [-0.2, -0.15) is 18.3 Å². The van der Waals surface area contributed by atoms with Gasteiger partial charge in [-0.1, -0.05) is 38.1 Å². The molecule has 230 valence electrons. The molecule has 2 aromatic rings. The molecule has 2 heterocycles. The number of halogens is 4. The van der Waals surface area contributed by atoms with Crippen molar-refractivity contribution < 1.29 is 27.1 Å². The van der Waals surface area contributed by atoms with E-state index in [0.717, 1.165) is 29.9 Å². The Kier molecular flexibility index (Phi) is 8.17. The fraction of sp³-hybridized carbons (Fsp3) is 0.485. The fourth-order valence-electron chi connectivity index (χ4n) is 5.90. The molecule has 6 nitrogen and oxygen atoms in total. The monoisotopic (exact) mass is 598 g/mol. The number of pyridine rings is 1. The number of carbonyl (C=O) groups is 1. The highest BCUT2D eigenvalue weighted by Gasteiger charge is 2.66. The summed E-state index contributed by atoms with van der Waals surface area (Å²) in [6.07, 6.45) is 4.74. The minimum atomic E-state index is -4.40. The number of fused-ring (bicyclic) bond motifs is 1. The van der Waals surface area contributed by atoms with Crippen molar-refractivity contribution in [3.05, 3.63) is 83.3 Å². The molecule has 2 saturated carbocycles. The van der Waals surface area contributed by atoms with Crippen molar-refractivity contribution in [2.45, 2.75) is 77.4 Å². The van der Waals surface area contributed by atoms with E-state index in [4.69, 9.17) is 4.74 Å². The molecule has 0 aromatic carbocycles. The predicted molar refractivity (Wildman–Crippen MR) is 157 cm³/mol. The number of ether oxygens (including phenoxy) is 1. The lowest BCUT2D eigenvalue weighted by Gasteiger charge is -2.21. The van der Waals surface area contributed by atoms with Crippen molar-refractivity contribution in [3.63, 3.8) is 0 Å². The molecule has 0 radical (unpaired) electrons. The Morgan fingerprint density at radius 1 is 1.26 bits per heavy atom. The first-order valence-electron chi connectivity index (χ1n) is 14.7. The number of methoxy groups -OCH3 is 1. The molecule has 2 fully saturated rings. The number of alkyl halides is 3. The Hall–Kier alpha value is -3.69. The van der Waals surface area contributed by atoms with Crippen molar-refractivity contribution in [1.29, 1.82) is 0 Å². The second-order valence-corrected chi connectivity index (χ2v) is 12.5. The van der Waals surface area contributed by atoms with Crippen LogP contribution in [-0.2, 0) is 21.5 Å². The number of Topliss-reactive ketones (excluding diaryl/α,β-unsaturated/α-hetero) is 1. The zero-order valence-corrected chi connectivity index (χ0v) is 25.0. The predicted octanol–water partition coefficient (Wildman–Crippen LogP) is 8.21. The summed E-state index contributed by atoms with van der Waals surface area (Å²) in [5.41, 5.74) is 1.14. The number of hydrogen-bond donors (Lipinski definition) is 1. The minimum absolute atomic E-state index is 0.0212. The van der Waals surface area contributed by atoms with Gasteiger partial charge >= 0.3 is 6.18 Å². The average molecular weight is 599 g/mol. The van der Waals surface area contributed by atoms with Gasteiger partial charge in [-0.3, -0.25) is 9.48 Å². The van der Waals surface area contributed by atoms with Crippen LogP contribution in [0.3, 0.4) is 0 Å². The molecule has 0 spiro atoms. The summed E-state index contributed by atoms with van der Waals surface area (Å²) in [5.74, 6) is 0.444. The molecule has 10 heteroatoms. The molecule has 0 aliphatic heterocycles. The molecule has 1 N–H and O–H groups in total. The number of allylic oxidation sites excluding steroid dienone is 7. The number of nitrogens with one attached hydrogen (secondary N) is 1. The van der Waals surface area contributed by atoms with Crippen LogP contribution in [0.4, 0.5) is 29.1 Å². The van der Waals surface area contributed by atoms with Crippen molar-refractivity contribution in [1.82, 2.24) is 14.8 Å². The maximum atomic E-state index is 15.2. The highest BCUT2D eigenvalue weighted by atomic mass is 19.4. The number of nitrogens with zero attached hydrogens (tertiary/aromatic N) is 3. The molecule has 2 aromatic heterocycles. The summed E-state index contributed by atoms with van der Waals surface area (Å²) in [5, 5.41) is 7.76. The third-order valence-corrected chi connectivity index (χ3v) is 8.79. The first-order valence-corrected chi connectivity index (χ1v) is 14.7. The SMILES string of the molecule is C=C(/C=C(\OC)C1(C(F)(F)F)CC1)CCC(=O)CC1=CC2CC2(c2ccc(Nc3cnn(CC(C)C)c3C)nc2)C=C1F. The van der Waals surface area contributed by atoms with Crippen LogP contribution in [0.15, 0.2) is 72.1 Å². The number of aromatic nitrogens is 3. The van der Waals surface area contributed by atoms with Crippen LogP contribution in [0, 0.1) is 24.2 Å². The minimum Gasteiger partial charge on any atom is -0.500 e. The van der Waals surface area contributed by atoms with E-state index in [-0.39, 0.29) is 49.6 Å². The Bertz CT molecular complexity index is 1500. The average Bonchev–Trinajstić information content (AvgIpc) is 3.85. The van der Waals surface area contributed by atoms with E-state index in [9.17, 15) is 18.0 Å². The van der Waals surface area contributed by atoms with E-state index >= 15 is 4.39 Å². The van der Waals surface area contributed by atoms with Gasteiger partial charge in [0.2, 0.25) is 0 Å². The number of carbonyl (C=O) groups excluding carboxylic acids is 1. The lowest BCUT2D eigenvalue weighted by atomic mass is 9.87. The number of rotatable bonds is 13. The Balaban J connectivity index is 1.16. The van der Waals surface area contributed by atoms with Crippen molar-refractivity contribution >= 4 is 17.3 Å². The third-order valence-electron chi connectivity index (χ3n) is 8.79.